The number of allylic oxidation sites excluding steroid dienone is 2. The standard InChI is InChI=1S/C28H32Cl2N2O8S2/c1-4-20(15-28-32(9-7-10-38-41(33)34)24-17-22(30)19(3)13-26(24)40-28)14-27-31(8-5-6-11-42(35,36)37)23-16-21(29)18(2)12-25(23)39-27/h12-17H,4-11H2,1-3H3,(H-,33,34,35,36,37)/p+1. The van der Waals surface area contributed by atoms with Gasteiger partial charge in [0.2, 0.25) is 11.5 Å². The van der Waals surface area contributed by atoms with Crippen LogP contribution in [0.2, 0.25) is 10.0 Å². The Morgan fingerprint density at radius 1 is 1.12 bits per heavy atom. The molecule has 1 aliphatic rings. The molecule has 228 valence electrons. The molecule has 0 saturated heterocycles. The van der Waals surface area contributed by atoms with E-state index in [1.165, 1.54) is 0 Å². The highest BCUT2D eigenvalue weighted by Crippen LogP contribution is 2.42. The van der Waals surface area contributed by atoms with E-state index in [9.17, 15) is 12.6 Å². The summed E-state index contributed by atoms with van der Waals surface area (Å²) < 4.78 is 70.6. The second-order valence-electron chi connectivity index (χ2n) is 9.93. The van der Waals surface area contributed by atoms with Crippen molar-refractivity contribution in [1.82, 2.24) is 0 Å². The number of hydrogen-bond acceptors (Lipinski definition) is 7. The minimum atomic E-state index is -4.05. The monoisotopic (exact) mass is 659 g/mol. The van der Waals surface area contributed by atoms with Gasteiger partial charge in [0.1, 0.15) is 0 Å². The number of benzene rings is 2. The van der Waals surface area contributed by atoms with E-state index < -0.39 is 21.5 Å². The van der Waals surface area contributed by atoms with Gasteiger partial charge in [0.15, 0.2) is 12.3 Å². The van der Waals surface area contributed by atoms with Gasteiger partial charge in [-0.2, -0.15) is 17.2 Å². The molecular weight excluding hydrogens is 627 g/mol. The third kappa shape index (κ3) is 8.13. The predicted molar refractivity (Wildman–Crippen MR) is 164 cm³/mol. The normalized spacial score (nSPS) is 15.5. The number of ether oxygens (including phenoxy) is 1. The number of unbranched alkanes of at least 4 members (excludes halogenated alkanes) is 1. The maximum Gasteiger partial charge on any atom is 0.374 e. The Balaban J connectivity index is 1.70. The molecule has 1 aliphatic heterocycles. The number of nitrogens with zero attached hydrogens (tertiary/aromatic N) is 2. The first-order chi connectivity index (χ1) is 19.9. The van der Waals surface area contributed by atoms with Gasteiger partial charge in [-0.15, -0.1) is 0 Å². The molecule has 1 aromatic heterocycles. The van der Waals surface area contributed by atoms with Crippen molar-refractivity contribution in [2.24, 2.45) is 0 Å². The van der Waals surface area contributed by atoms with E-state index in [0.29, 0.717) is 65.5 Å². The lowest BCUT2D eigenvalue weighted by Gasteiger charge is -2.19. The van der Waals surface area contributed by atoms with Gasteiger partial charge in [0.05, 0.1) is 29.1 Å². The molecule has 2 N–H and O–H groups in total. The van der Waals surface area contributed by atoms with E-state index in [1.54, 1.807) is 0 Å². The highest BCUT2D eigenvalue weighted by molar-refractivity contribution is 7.85. The molecule has 0 radical (unpaired) electrons. The van der Waals surface area contributed by atoms with Gasteiger partial charge in [-0.05, 0) is 68.0 Å². The summed E-state index contributed by atoms with van der Waals surface area (Å²) in [5, 5.41) is 1.17. The molecule has 0 fully saturated rings. The van der Waals surface area contributed by atoms with Crippen molar-refractivity contribution < 1.29 is 39.6 Å². The van der Waals surface area contributed by atoms with Crippen molar-refractivity contribution in [3.05, 3.63) is 68.9 Å². The molecule has 0 aliphatic carbocycles. The number of fused-ring (bicyclic) bond motifs is 2. The van der Waals surface area contributed by atoms with Gasteiger partial charge in [-0.25, -0.2) is 0 Å². The topological polar surface area (TPSA) is 130 Å². The van der Waals surface area contributed by atoms with Gasteiger partial charge in [0, 0.05) is 30.1 Å². The summed E-state index contributed by atoms with van der Waals surface area (Å²) in [6.45, 7) is 6.75. The molecule has 14 heteroatoms. The molecular formula is C28H33Cl2N2O8S2+. The zero-order valence-corrected chi connectivity index (χ0v) is 26.6. The van der Waals surface area contributed by atoms with Crippen molar-refractivity contribution >= 4 is 67.5 Å². The molecule has 4 rings (SSSR count). The average Bonchev–Trinajstić information content (AvgIpc) is 3.40. The van der Waals surface area contributed by atoms with Gasteiger partial charge in [0.25, 0.3) is 15.6 Å². The van der Waals surface area contributed by atoms with Crippen LogP contribution in [0.1, 0.15) is 49.6 Å². The number of aromatic nitrogens is 1. The lowest BCUT2D eigenvalue weighted by molar-refractivity contribution is -0.678. The van der Waals surface area contributed by atoms with Crippen LogP contribution < -0.4 is 14.2 Å². The molecule has 1 atom stereocenters. The number of hydrogen-bond donors (Lipinski definition) is 2. The van der Waals surface area contributed by atoms with Crippen LogP contribution in [0.25, 0.3) is 17.2 Å². The fraction of sp³-hybridized carbons (Fsp3) is 0.393. The molecule has 10 nitrogen and oxygen atoms in total. The highest BCUT2D eigenvalue weighted by atomic mass is 35.5. The SMILES string of the molecule is CCC(=Cc1oc2cc(C)c(Cl)cc2[n+]1CCCOS(=O)O)C=C1Oc2cc(C)c(Cl)cc2N1CCCCS(=O)(=O)O. The molecule has 0 amide bonds. The second kappa shape index (κ2) is 13.9. The molecule has 0 saturated carbocycles. The Kier molecular flexibility index (Phi) is 10.7. The second-order valence-corrected chi connectivity index (χ2v) is 13.0. The molecule has 2 heterocycles. The van der Waals surface area contributed by atoms with E-state index >= 15 is 0 Å². The number of rotatable bonds is 13. The van der Waals surface area contributed by atoms with Crippen LogP contribution in [0.15, 0.2) is 46.2 Å². The average molecular weight is 661 g/mol. The smallest absolute Gasteiger partial charge is 0.374 e. The molecule has 0 bridgehead atoms. The van der Waals surface area contributed by atoms with Crippen molar-refractivity contribution in [2.45, 2.75) is 53.0 Å². The zero-order chi connectivity index (χ0) is 30.6. The lowest BCUT2D eigenvalue weighted by Crippen LogP contribution is -2.36. The summed E-state index contributed by atoms with van der Waals surface area (Å²) in [5.74, 6) is 1.42. The minimum absolute atomic E-state index is 0.0802. The van der Waals surface area contributed by atoms with Crippen LogP contribution in [0.4, 0.5) is 5.69 Å². The molecule has 2 aromatic carbocycles. The third-order valence-electron chi connectivity index (χ3n) is 6.79. The minimum Gasteiger partial charge on any atom is -0.439 e. The van der Waals surface area contributed by atoms with E-state index in [-0.39, 0.29) is 18.8 Å². The van der Waals surface area contributed by atoms with Crippen molar-refractivity contribution in [3.8, 4) is 5.75 Å². The maximum absolute atomic E-state index is 11.2. The van der Waals surface area contributed by atoms with E-state index in [0.717, 1.165) is 27.9 Å². The summed E-state index contributed by atoms with van der Waals surface area (Å²) in [6.07, 6.45) is 5.66. The van der Waals surface area contributed by atoms with E-state index in [1.807, 2.05) is 66.7 Å². The summed E-state index contributed by atoms with van der Waals surface area (Å²) in [6, 6.07) is 7.39. The number of aryl methyl sites for hydroxylation is 3. The zero-order valence-electron chi connectivity index (χ0n) is 23.4. The summed E-state index contributed by atoms with van der Waals surface area (Å²) in [4.78, 5) is 1.94. The molecule has 42 heavy (non-hydrogen) atoms. The van der Waals surface area contributed by atoms with Crippen LogP contribution in [-0.4, -0.2) is 40.6 Å². The van der Waals surface area contributed by atoms with Crippen LogP contribution in [0.3, 0.4) is 0 Å². The first kappa shape index (κ1) is 32.5. The summed E-state index contributed by atoms with van der Waals surface area (Å²) >= 11 is 10.5. The summed E-state index contributed by atoms with van der Waals surface area (Å²) in [5.41, 5.74) is 4.80. The van der Waals surface area contributed by atoms with Crippen LogP contribution >= 0.6 is 23.2 Å². The Bertz CT molecular complexity index is 1670. The Labute approximate surface area is 257 Å². The fourth-order valence-electron chi connectivity index (χ4n) is 4.59. The van der Waals surface area contributed by atoms with Crippen molar-refractivity contribution in [3.63, 3.8) is 0 Å². The summed E-state index contributed by atoms with van der Waals surface area (Å²) in [7, 11) is -4.05. The van der Waals surface area contributed by atoms with Gasteiger partial charge in [-0.3, -0.25) is 13.3 Å². The third-order valence-corrected chi connectivity index (χ3v) is 8.78. The van der Waals surface area contributed by atoms with Gasteiger partial charge in [-0.1, -0.05) is 30.1 Å². The van der Waals surface area contributed by atoms with Crippen molar-refractivity contribution in [2.75, 3.05) is 23.8 Å². The molecule has 1 unspecified atom stereocenters. The van der Waals surface area contributed by atoms with Crippen molar-refractivity contribution in [1.29, 1.82) is 0 Å². The van der Waals surface area contributed by atoms with Gasteiger partial charge >= 0.3 is 17.3 Å². The van der Waals surface area contributed by atoms with Crippen LogP contribution in [0.5, 0.6) is 5.75 Å². The first-order valence-corrected chi connectivity index (χ1v) is 16.8. The van der Waals surface area contributed by atoms with E-state index in [4.69, 9.17) is 45.6 Å². The number of halogens is 2. The number of oxazole rings is 1. The predicted octanol–water partition coefficient (Wildman–Crippen LogP) is 6.39. The maximum atomic E-state index is 11.2. The molecule has 3 aromatic rings. The lowest BCUT2D eigenvalue weighted by atomic mass is 10.1. The largest absolute Gasteiger partial charge is 0.439 e. The van der Waals surface area contributed by atoms with E-state index in [2.05, 4.69) is 0 Å². The Morgan fingerprint density at radius 3 is 2.52 bits per heavy atom. The number of anilines is 1. The molecule has 0 spiro atoms. The highest BCUT2D eigenvalue weighted by Gasteiger charge is 2.28. The quantitative estimate of drug-likeness (QED) is 0.0927. The Hall–Kier alpha value is -2.45. The Morgan fingerprint density at radius 2 is 1.83 bits per heavy atom. The van der Waals surface area contributed by atoms with Gasteiger partial charge < -0.3 is 14.1 Å². The van der Waals surface area contributed by atoms with Crippen LogP contribution in [-0.2, 0) is 32.2 Å². The fourth-order valence-corrected chi connectivity index (χ4v) is 5.74. The first-order valence-electron chi connectivity index (χ1n) is 13.4. The van der Waals surface area contributed by atoms with Crippen LogP contribution in [0, 0.1) is 13.8 Å².